The SMILES string of the molecule is OC1[C@@H](O)[C@H]2[C@@H]([C@H]1O)[C@@]1(Cl)C(Cl)=C(Cl)[C@]2(Cl)C1(Cl)Cl. The van der Waals surface area contributed by atoms with E-state index in [1.54, 1.807) is 0 Å². The molecule has 0 saturated heterocycles. The molecule has 0 aromatic heterocycles. The zero-order valence-electron chi connectivity index (χ0n) is 9.00. The number of hydrogen-bond donors (Lipinski definition) is 3. The average molecular weight is 389 g/mol. The molecule has 2 fully saturated rings. The van der Waals surface area contributed by atoms with E-state index in [9.17, 15) is 15.3 Å². The van der Waals surface area contributed by atoms with Gasteiger partial charge in [0, 0.05) is 11.8 Å². The molecule has 0 spiro atoms. The number of rotatable bonds is 0. The lowest BCUT2D eigenvalue weighted by atomic mass is 9.83. The van der Waals surface area contributed by atoms with Crippen LogP contribution < -0.4 is 0 Å². The van der Waals surface area contributed by atoms with E-state index in [0.717, 1.165) is 0 Å². The van der Waals surface area contributed by atoms with Crippen LogP contribution >= 0.6 is 69.6 Å². The van der Waals surface area contributed by atoms with E-state index in [4.69, 9.17) is 69.6 Å². The quantitative estimate of drug-likeness (QED) is 0.557. The van der Waals surface area contributed by atoms with Crippen LogP contribution in [0.25, 0.3) is 0 Å². The molecule has 0 amide bonds. The molecule has 0 aromatic carbocycles. The standard InChI is InChI=1S/C10H8Cl6O3/c11-6-7(12)9(14)2-1(3(17)5(19)4(2)18)8(6,13)10(9,15)16/h1-5,17-19H/t1-,2+,3+,4-,5?,8+,9-. The van der Waals surface area contributed by atoms with Crippen molar-refractivity contribution in [1.29, 1.82) is 0 Å². The van der Waals surface area contributed by atoms with Gasteiger partial charge in [-0.2, -0.15) is 0 Å². The molecule has 0 heterocycles. The second-order valence-electron chi connectivity index (χ2n) is 5.15. The Morgan fingerprint density at radius 1 is 0.684 bits per heavy atom. The number of aliphatic hydroxyl groups is 3. The molecule has 3 aliphatic rings. The third kappa shape index (κ3) is 1.29. The number of aliphatic hydroxyl groups excluding tert-OH is 3. The van der Waals surface area contributed by atoms with Crippen LogP contribution in [-0.4, -0.2) is 47.7 Å². The molecule has 3 aliphatic carbocycles. The highest BCUT2D eigenvalue weighted by Crippen LogP contribution is 2.78. The Hall–Kier alpha value is 1.36. The van der Waals surface area contributed by atoms with Gasteiger partial charge < -0.3 is 15.3 Å². The second-order valence-corrected chi connectivity index (χ2v) is 8.42. The molecular formula is C10H8Cl6O3. The predicted molar refractivity (Wildman–Crippen MR) is 75.3 cm³/mol. The summed E-state index contributed by atoms with van der Waals surface area (Å²) in [6.07, 6.45) is -4.12. The first-order valence-electron chi connectivity index (χ1n) is 5.40. The first-order chi connectivity index (χ1) is 8.54. The predicted octanol–water partition coefficient (Wildman–Crippen LogP) is 2.16. The molecule has 0 aliphatic heterocycles. The fourth-order valence-corrected chi connectivity index (χ4v) is 6.66. The molecule has 2 saturated carbocycles. The summed E-state index contributed by atoms with van der Waals surface area (Å²) in [5.74, 6) is -1.80. The Balaban J connectivity index is 2.29. The summed E-state index contributed by atoms with van der Waals surface area (Å²) in [7, 11) is 0. The monoisotopic (exact) mass is 386 g/mol. The molecule has 3 nitrogen and oxygen atoms in total. The average Bonchev–Trinajstić information content (AvgIpc) is 2.69. The van der Waals surface area contributed by atoms with Gasteiger partial charge in [-0.05, 0) is 0 Å². The lowest BCUT2D eigenvalue weighted by Gasteiger charge is -2.35. The van der Waals surface area contributed by atoms with E-state index in [-0.39, 0.29) is 10.1 Å². The van der Waals surface area contributed by atoms with Crippen LogP contribution in [0.4, 0.5) is 0 Å². The summed E-state index contributed by atoms with van der Waals surface area (Å²) >= 11 is 37.6. The Morgan fingerprint density at radius 3 is 1.32 bits per heavy atom. The molecule has 1 unspecified atom stereocenters. The number of allylic oxidation sites excluding steroid dienone is 2. The summed E-state index contributed by atoms with van der Waals surface area (Å²) in [5.41, 5.74) is 0. The number of hydrogen-bond acceptors (Lipinski definition) is 3. The van der Waals surface area contributed by atoms with Crippen molar-refractivity contribution in [2.24, 2.45) is 11.8 Å². The molecule has 7 atom stereocenters. The van der Waals surface area contributed by atoms with Crippen LogP contribution in [0.5, 0.6) is 0 Å². The van der Waals surface area contributed by atoms with Crippen LogP contribution in [0.15, 0.2) is 10.1 Å². The zero-order valence-corrected chi connectivity index (χ0v) is 13.5. The highest BCUT2D eigenvalue weighted by Gasteiger charge is 2.86. The number of fused-ring (bicyclic) bond motifs is 5. The van der Waals surface area contributed by atoms with E-state index in [1.165, 1.54) is 0 Å². The minimum atomic E-state index is -1.81. The van der Waals surface area contributed by atoms with Crippen molar-refractivity contribution in [3.63, 3.8) is 0 Å². The first kappa shape index (κ1) is 15.3. The summed E-state index contributed by atoms with van der Waals surface area (Å²) < 4.78 is -1.81. The maximum atomic E-state index is 10.1. The fraction of sp³-hybridized carbons (Fsp3) is 0.800. The fourth-order valence-electron chi connectivity index (χ4n) is 3.59. The van der Waals surface area contributed by atoms with Crippen LogP contribution in [0.3, 0.4) is 0 Å². The highest BCUT2D eigenvalue weighted by atomic mass is 35.5. The van der Waals surface area contributed by atoms with Gasteiger partial charge in [0.15, 0.2) is 4.33 Å². The van der Waals surface area contributed by atoms with Crippen LogP contribution in [0.2, 0.25) is 0 Å². The van der Waals surface area contributed by atoms with E-state index >= 15 is 0 Å². The molecule has 0 aromatic rings. The van der Waals surface area contributed by atoms with E-state index < -0.39 is 44.2 Å². The maximum Gasteiger partial charge on any atom is 0.167 e. The minimum absolute atomic E-state index is 0.0579. The van der Waals surface area contributed by atoms with Gasteiger partial charge >= 0.3 is 0 Å². The summed E-state index contributed by atoms with van der Waals surface area (Å²) in [4.78, 5) is -3.31. The van der Waals surface area contributed by atoms with Crippen molar-refractivity contribution in [1.82, 2.24) is 0 Å². The summed E-state index contributed by atoms with van der Waals surface area (Å²) in [6.45, 7) is 0. The van der Waals surface area contributed by atoms with Crippen molar-refractivity contribution in [3.8, 4) is 0 Å². The lowest BCUT2D eigenvalue weighted by Crippen LogP contribution is -2.50. The van der Waals surface area contributed by atoms with Gasteiger partial charge in [0.1, 0.15) is 15.9 Å². The van der Waals surface area contributed by atoms with Crippen molar-refractivity contribution in [3.05, 3.63) is 10.1 Å². The van der Waals surface area contributed by atoms with E-state index in [1.807, 2.05) is 0 Å². The van der Waals surface area contributed by atoms with Crippen molar-refractivity contribution >= 4 is 69.6 Å². The minimum Gasteiger partial charge on any atom is -0.390 e. The van der Waals surface area contributed by atoms with E-state index in [0.29, 0.717) is 0 Å². The topological polar surface area (TPSA) is 60.7 Å². The molecule has 108 valence electrons. The van der Waals surface area contributed by atoms with Gasteiger partial charge in [-0.1, -0.05) is 46.4 Å². The molecule has 19 heavy (non-hydrogen) atoms. The van der Waals surface area contributed by atoms with Gasteiger partial charge in [0.25, 0.3) is 0 Å². The van der Waals surface area contributed by atoms with Crippen LogP contribution in [0.1, 0.15) is 0 Å². The molecular weight excluding hydrogens is 381 g/mol. The maximum absolute atomic E-state index is 10.1. The Kier molecular flexibility index (Phi) is 3.22. The molecule has 0 radical (unpaired) electrons. The number of halogens is 6. The van der Waals surface area contributed by atoms with Crippen molar-refractivity contribution < 1.29 is 15.3 Å². The van der Waals surface area contributed by atoms with Crippen molar-refractivity contribution in [2.45, 2.75) is 32.4 Å². The second kappa shape index (κ2) is 4.01. The van der Waals surface area contributed by atoms with Gasteiger partial charge in [-0.3, -0.25) is 0 Å². The lowest BCUT2D eigenvalue weighted by molar-refractivity contribution is -0.0348. The largest absolute Gasteiger partial charge is 0.390 e. The van der Waals surface area contributed by atoms with Gasteiger partial charge in [-0.15, -0.1) is 23.2 Å². The molecule has 3 rings (SSSR count). The first-order valence-corrected chi connectivity index (χ1v) is 7.67. The molecule has 3 N–H and O–H groups in total. The van der Waals surface area contributed by atoms with Crippen molar-refractivity contribution in [2.75, 3.05) is 0 Å². The third-order valence-corrected chi connectivity index (χ3v) is 8.78. The normalized spacial score (nSPS) is 58.9. The van der Waals surface area contributed by atoms with Crippen LogP contribution in [0, 0.1) is 11.8 Å². The van der Waals surface area contributed by atoms with Gasteiger partial charge in [0.2, 0.25) is 0 Å². The van der Waals surface area contributed by atoms with Gasteiger partial charge in [0.05, 0.1) is 22.3 Å². The van der Waals surface area contributed by atoms with Gasteiger partial charge in [-0.25, -0.2) is 0 Å². The van der Waals surface area contributed by atoms with Crippen LogP contribution in [-0.2, 0) is 0 Å². The zero-order chi connectivity index (χ0) is 14.5. The number of alkyl halides is 4. The highest BCUT2D eigenvalue weighted by molar-refractivity contribution is 6.65. The smallest absolute Gasteiger partial charge is 0.167 e. The third-order valence-electron chi connectivity index (χ3n) is 4.49. The Morgan fingerprint density at radius 2 is 1.00 bits per heavy atom. The Bertz CT molecular complexity index is 456. The van der Waals surface area contributed by atoms with E-state index in [2.05, 4.69) is 0 Å². The molecule has 2 bridgehead atoms. The Labute approximate surface area is 139 Å². The molecule has 9 heteroatoms. The summed E-state index contributed by atoms with van der Waals surface area (Å²) in [5, 5.41) is 29.8. The summed E-state index contributed by atoms with van der Waals surface area (Å²) in [6, 6.07) is 0.